The summed E-state index contributed by atoms with van der Waals surface area (Å²) < 4.78 is 10.5. The van der Waals surface area contributed by atoms with E-state index in [1.54, 1.807) is 30.3 Å². The maximum atomic E-state index is 13.4. The Morgan fingerprint density at radius 2 is 1.56 bits per heavy atom. The summed E-state index contributed by atoms with van der Waals surface area (Å²) in [7, 11) is 6.76. The molecular formula is C27H24Cl2N2O5. The topological polar surface area (TPSA) is 79.3 Å². The summed E-state index contributed by atoms with van der Waals surface area (Å²) in [5, 5.41) is 11.9. The number of methoxy groups -OCH3 is 2. The van der Waals surface area contributed by atoms with E-state index in [1.165, 1.54) is 25.2 Å². The highest BCUT2D eigenvalue weighted by atomic mass is 35.5. The zero-order chi connectivity index (χ0) is 26.1. The van der Waals surface area contributed by atoms with Gasteiger partial charge in [0.05, 0.1) is 35.9 Å². The number of nitrogens with zero attached hydrogens (tertiary/aromatic N) is 2. The van der Waals surface area contributed by atoms with Crippen LogP contribution in [-0.2, 0) is 9.59 Å². The van der Waals surface area contributed by atoms with Crippen molar-refractivity contribution in [3.05, 3.63) is 87.4 Å². The number of ketones is 1. The zero-order valence-electron chi connectivity index (χ0n) is 20.1. The molecule has 1 fully saturated rings. The maximum absolute atomic E-state index is 13.4. The average molecular weight is 527 g/mol. The fourth-order valence-electron chi connectivity index (χ4n) is 4.14. The van der Waals surface area contributed by atoms with Gasteiger partial charge in [-0.15, -0.1) is 0 Å². The predicted octanol–water partition coefficient (Wildman–Crippen LogP) is 5.70. The van der Waals surface area contributed by atoms with Crippen molar-refractivity contribution in [1.29, 1.82) is 0 Å². The second kappa shape index (κ2) is 10.1. The monoisotopic (exact) mass is 526 g/mol. The third-order valence-electron chi connectivity index (χ3n) is 6.01. The number of amides is 1. The average Bonchev–Trinajstić information content (AvgIpc) is 3.14. The molecule has 1 amide bonds. The molecule has 0 saturated carbocycles. The molecule has 1 aliphatic heterocycles. The maximum Gasteiger partial charge on any atom is 0.300 e. The Bertz CT molecular complexity index is 1370. The van der Waals surface area contributed by atoms with E-state index in [1.807, 2.05) is 43.3 Å². The first kappa shape index (κ1) is 25.4. The van der Waals surface area contributed by atoms with Crippen molar-refractivity contribution in [1.82, 2.24) is 0 Å². The number of Topliss-reactive ketones (excluding diaryl/α,β-unsaturated/α-hetero) is 1. The lowest BCUT2D eigenvalue weighted by Gasteiger charge is -2.26. The molecule has 0 bridgehead atoms. The highest BCUT2D eigenvalue weighted by Gasteiger charge is 2.47. The molecule has 1 N–H and O–H groups in total. The van der Waals surface area contributed by atoms with Gasteiger partial charge in [-0.25, -0.2) is 0 Å². The molecule has 0 aliphatic carbocycles. The van der Waals surface area contributed by atoms with Crippen LogP contribution in [0.25, 0.3) is 5.76 Å². The Hall–Kier alpha value is -3.68. The van der Waals surface area contributed by atoms with Crippen molar-refractivity contribution < 1.29 is 24.2 Å². The minimum Gasteiger partial charge on any atom is -0.507 e. The van der Waals surface area contributed by atoms with Crippen molar-refractivity contribution in [3.63, 3.8) is 0 Å². The molecule has 1 saturated heterocycles. The van der Waals surface area contributed by atoms with Crippen LogP contribution in [0, 0.1) is 0 Å². The van der Waals surface area contributed by atoms with Crippen molar-refractivity contribution in [2.45, 2.75) is 6.04 Å². The number of anilines is 2. The number of ether oxygens (including phenoxy) is 2. The second-order valence-electron chi connectivity index (χ2n) is 8.32. The SMILES string of the molecule is COc1ccc(N2C(=O)C(=O)/C(=C(/O)c3ccc(Cl)c(OC)c3)C2c2ccc(N(C)C)cc2)cc1Cl. The van der Waals surface area contributed by atoms with Gasteiger partial charge in [-0.1, -0.05) is 35.3 Å². The summed E-state index contributed by atoms with van der Waals surface area (Å²) in [6.45, 7) is 0. The van der Waals surface area contributed by atoms with Gasteiger partial charge < -0.3 is 19.5 Å². The first-order chi connectivity index (χ1) is 17.2. The number of benzene rings is 3. The predicted molar refractivity (Wildman–Crippen MR) is 142 cm³/mol. The molecule has 1 atom stereocenters. The summed E-state index contributed by atoms with van der Waals surface area (Å²) in [4.78, 5) is 30.0. The van der Waals surface area contributed by atoms with Crippen molar-refractivity contribution in [3.8, 4) is 11.5 Å². The number of aliphatic hydroxyl groups excluding tert-OH is 1. The van der Waals surface area contributed by atoms with Crippen LogP contribution in [0.5, 0.6) is 11.5 Å². The number of aliphatic hydroxyl groups is 1. The van der Waals surface area contributed by atoms with Crippen LogP contribution < -0.4 is 19.3 Å². The van der Waals surface area contributed by atoms with Gasteiger partial charge in [0.2, 0.25) is 0 Å². The summed E-state index contributed by atoms with van der Waals surface area (Å²) in [5.74, 6) is -1.21. The fraction of sp³-hybridized carbons (Fsp3) is 0.185. The lowest BCUT2D eigenvalue weighted by atomic mass is 9.94. The number of rotatable bonds is 6. The van der Waals surface area contributed by atoms with Crippen molar-refractivity contribution in [2.24, 2.45) is 0 Å². The fourth-order valence-corrected chi connectivity index (χ4v) is 4.58. The third-order valence-corrected chi connectivity index (χ3v) is 6.62. The normalized spacial score (nSPS) is 16.8. The molecule has 36 heavy (non-hydrogen) atoms. The summed E-state index contributed by atoms with van der Waals surface area (Å²) in [5.41, 5.74) is 2.18. The molecule has 0 aromatic heterocycles. The molecule has 0 radical (unpaired) electrons. The minimum atomic E-state index is -0.910. The van der Waals surface area contributed by atoms with E-state index in [0.29, 0.717) is 27.8 Å². The molecule has 186 valence electrons. The van der Waals surface area contributed by atoms with E-state index >= 15 is 0 Å². The standard InChI is InChI=1S/C27H24Cl2N2O5/c1-30(2)17-8-5-15(6-9-17)24-23(25(32)16-7-11-19(28)22(13-16)36-4)26(33)27(34)31(24)18-10-12-21(35-3)20(29)14-18/h5-14,24,32H,1-4H3/b25-23+. The minimum absolute atomic E-state index is 0.0612. The molecule has 1 unspecified atom stereocenters. The van der Waals surface area contributed by atoms with E-state index < -0.39 is 17.7 Å². The lowest BCUT2D eigenvalue weighted by molar-refractivity contribution is -0.132. The smallest absolute Gasteiger partial charge is 0.300 e. The quantitative estimate of drug-likeness (QED) is 0.252. The van der Waals surface area contributed by atoms with Crippen LogP contribution in [0.2, 0.25) is 10.0 Å². The molecule has 3 aromatic carbocycles. The van der Waals surface area contributed by atoms with E-state index in [-0.39, 0.29) is 21.9 Å². The van der Waals surface area contributed by atoms with E-state index in [4.69, 9.17) is 32.7 Å². The van der Waals surface area contributed by atoms with Gasteiger partial charge in [-0.3, -0.25) is 14.5 Å². The first-order valence-electron chi connectivity index (χ1n) is 10.9. The highest BCUT2D eigenvalue weighted by Crippen LogP contribution is 2.44. The van der Waals surface area contributed by atoms with Crippen LogP contribution in [0.15, 0.2) is 66.2 Å². The number of halogens is 2. The first-order valence-corrected chi connectivity index (χ1v) is 11.7. The highest BCUT2D eigenvalue weighted by molar-refractivity contribution is 6.52. The zero-order valence-corrected chi connectivity index (χ0v) is 21.6. The Labute approximate surface area is 219 Å². The molecule has 1 heterocycles. The number of hydrogen-bond donors (Lipinski definition) is 1. The van der Waals surface area contributed by atoms with Crippen LogP contribution in [0.4, 0.5) is 11.4 Å². The largest absolute Gasteiger partial charge is 0.507 e. The number of hydrogen-bond acceptors (Lipinski definition) is 6. The van der Waals surface area contributed by atoms with E-state index in [9.17, 15) is 14.7 Å². The van der Waals surface area contributed by atoms with Gasteiger partial charge in [0.15, 0.2) is 0 Å². The number of carbonyl (C=O) groups excluding carboxylic acids is 2. The summed E-state index contributed by atoms with van der Waals surface area (Å²) in [6, 6.07) is 15.9. The molecule has 9 heteroatoms. The van der Waals surface area contributed by atoms with Crippen LogP contribution in [0.3, 0.4) is 0 Å². The van der Waals surface area contributed by atoms with Gasteiger partial charge in [0, 0.05) is 31.0 Å². The van der Waals surface area contributed by atoms with Gasteiger partial charge in [-0.2, -0.15) is 0 Å². The molecule has 4 rings (SSSR count). The Morgan fingerprint density at radius 1 is 0.889 bits per heavy atom. The number of carbonyl (C=O) groups is 2. The van der Waals surface area contributed by atoms with E-state index in [0.717, 1.165) is 5.69 Å². The van der Waals surface area contributed by atoms with Gasteiger partial charge >= 0.3 is 0 Å². The molecule has 7 nitrogen and oxygen atoms in total. The molecule has 0 spiro atoms. The van der Waals surface area contributed by atoms with Crippen molar-refractivity contribution >= 4 is 52.0 Å². The van der Waals surface area contributed by atoms with Gasteiger partial charge in [0.25, 0.3) is 11.7 Å². The molecular weight excluding hydrogens is 503 g/mol. The molecule has 1 aliphatic rings. The Morgan fingerprint density at radius 3 is 2.14 bits per heavy atom. The lowest BCUT2D eigenvalue weighted by Crippen LogP contribution is -2.29. The van der Waals surface area contributed by atoms with Crippen LogP contribution in [0.1, 0.15) is 17.2 Å². The molecule has 3 aromatic rings. The van der Waals surface area contributed by atoms with Gasteiger partial charge in [-0.05, 0) is 54.1 Å². The Kier molecular flexibility index (Phi) is 7.15. The Balaban J connectivity index is 1.94. The van der Waals surface area contributed by atoms with Crippen LogP contribution >= 0.6 is 23.2 Å². The third kappa shape index (κ3) is 4.47. The van der Waals surface area contributed by atoms with E-state index in [2.05, 4.69) is 0 Å². The second-order valence-corrected chi connectivity index (χ2v) is 9.14. The summed E-state index contributed by atoms with van der Waals surface area (Å²) >= 11 is 12.5. The summed E-state index contributed by atoms with van der Waals surface area (Å²) in [6.07, 6.45) is 0. The van der Waals surface area contributed by atoms with Crippen LogP contribution in [-0.4, -0.2) is 45.1 Å². The van der Waals surface area contributed by atoms with Crippen molar-refractivity contribution in [2.75, 3.05) is 38.1 Å². The van der Waals surface area contributed by atoms with Gasteiger partial charge in [0.1, 0.15) is 17.3 Å².